The summed E-state index contributed by atoms with van der Waals surface area (Å²) in [5, 5.41) is 13.7. The minimum absolute atomic E-state index is 0.125. The molecule has 2 heterocycles. The second kappa shape index (κ2) is 11.9. The fourth-order valence-electron chi connectivity index (χ4n) is 3.28. The summed E-state index contributed by atoms with van der Waals surface area (Å²) in [6, 6.07) is 10.2. The minimum Gasteiger partial charge on any atom is -0.383 e. The van der Waals surface area contributed by atoms with Gasteiger partial charge >= 0.3 is 6.03 Å². The Bertz CT molecular complexity index is 810. The van der Waals surface area contributed by atoms with Crippen LogP contribution in [0.15, 0.2) is 34.7 Å². The van der Waals surface area contributed by atoms with Gasteiger partial charge in [0, 0.05) is 26.7 Å². The second-order valence-corrected chi connectivity index (χ2v) is 9.25. The summed E-state index contributed by atoms with van der Waals surface area (Å²) in [6.07, 6.45) is 3.16. The number of ether oxygens (including phenoxy) is 1. The van der Waals surface area contributed by atoms with Gasteiger partial charge in [0.05, 0.1) is 12.4 Å². The molecule has 2 aromatic rings. The number of nitrogens with one attached hydrogen (secondary N) is 2. The fraction of sp³-hybridized carbons (Fsp3) is 0.500. The first-order valence-corrected chi connectivity index (χ1v) is 11.8. The molecule has 0 saturated carbocycles. The summed E-state index contributed by atoms with van der Waals surface area (Å²) < 4.78 is 5.54. The first-order chi connectivity index (χ1) is 14.6. The smallest absolute Gasteiger partial charge is 0.321 e. The van der Waals surface area contributed by atoms with E-state index in [-0.39, 0.29) is 11.9 Å². The number of urea groups is 1. The third-order valence-electron chi connectivity index (χ3n) is 4.87. The third-order valence-corrected chi connectivity index (χ3v) is 6.83. The van der Waals surface area contributed by atoms with Gasteiger partial charge in [-0.3, -0.25) is 10.1 Å². The van der Waals surface area contributed by atoms with Gasteiger partial charge < -0.3 is 15.0 Å². The van der Waals surface area contributed by atoms with E-state index in [4.69, 9.17) is 4.74 Å². The van der Waals surface area contributed by atoms with Gasteiger partial charge in [-0.15, -0.1) is 10.2 Å². The van der Waals surface area contributed by atoms with Crippen molar-refractivity contribution >= 4 is 40.2 Å². The predicted molar refractivity (Wildman–Crippen MR) is 119 cm³/mol. The van der Waals surface area contributed by atoms with E-state index in [1.165, 1.54) is 28.7 Å². The number of aromatic nitrogens is 2. The summed E-state index contributed by atoms with van der Waals surface area (Å²) in [5.41, 5.74) is 1.37. The molecule has 10 heteroatoms. The predicted octanol–water partition coefficient (Wildman–Crippen LogP) is 2.88. The molecule has 1 aromatic carbocycles. The van der Waals surface area contributed by atoms with Gasteiger partial charge in [0.1, 0.15) is 0 Å². The Morgan fingerprint density at radius 3 is 2.73 bits per heavy atom. The molecular formula is C20H27N5O3S2. The van der Waals surface area contributed by atoms with Crippen LogP contribution in [0.25, 0.3) is 0 Å². The van der Waals surface area contributed by atoms with E-state index in [1.807, 2.05) is 11.0 Å². The van der Waals surface area contributed by atoms with E-state index < -0.39 is 0 Å². The fourth-order valence-corrected chi connectivity index (χ4v) is 4.93. The maximum atomic E-state index is 12.5. The molecule has 1 aliphatic rings. The van der Waals surface area contributed by atoms with Crippen molar-refractivity contribution in [3.63, 3.8) is 0 Å². The lowest BCUT2D eigenvalue weighted by atomic mass is 9.90. The Kier molecular flexibility index (Phi) is 8.91. The van der Waals surface area contributed by atoms with Crippen molar-refractivity contribution in [2.45, 2.75) is 23.6 Å². The van der Waals surface area contributed by atoms with E-state index in [9.17, 15) is 9.59 Å². The number of hydrogen-bond donors (Lipinski definition) is 2. The van der Waals surface area contributed by atoms with Gasteiger partial charge in [0.15, 0.2) is 4.34 Å². The van der Waals surface area contributed by atoms with E-state index in [2.05, 4.69) is 45.1 Å². The molecule has 3 amide bonds. The van der Waals surface area contributed by atoms with Crippen molar-refractivity contribution in [1.82, 2.24) is 20.4 Å². The van der Waals surface area contributed by atoms with Crippen molar-refractivity contribution in [2.75, 3.05) is 44.4 Å². The molecule has 0 unspecified atom stereocenters. The molecule has 0 atom stereocenters. The van der Waals surface area contributed by atoms with Gasteiger partial charge in [-0.2, -0.15) is 0 Å². The van der Waals surface area contributed by atoms with Crippen LogP contribution in [0.4, 0.5) is 9.93 Å². The summed E-state index contributed by atoms with van der Waals surface area (Å²) >= 11 is 2.61. The Hall–Kier alpha value is -2.17. The molecule has 1 fully saturated rings. The van der Waals surface area contributed by atoms with Gasteiger partial charge in [-0.1, -0.05) is 53.4 Å². The molecule has 1 aromatic heterocycles. The SMILES string of the molecule is COCCNC(=O)Nc1nnc(SCC(=O)N2CCC(Cc3ccccc3)CC2)s1. The van der Waals surface area contributed by atoms with Crippen LogP contribution in [0.5, 0.6) is 0 Å². The molecular weight excluding hydrogens is 422 g/mol. The number of carbonyl (C=O) groups is 2. The van der Waals surface area contributed by atoms with E-state index in [1.54, 1.807) is 7.11 Å². The van der Waals surface area contributed by atoms with Crippen molar-refractivity contribution < 1.29 is 14.3 Å². The zero-order valence-electron chi connectivity index (χ0n) is 17.0. The lowest BCUT2D eigenvalue weighted by Crippen LogP contribution is -2.39. The first-order valence-electron chi connectivity index (χ1n) is 9.96. The van der Waals surface area contributed by atoms with Crippen LogP contribution in [-0.4, -0.2) is 66.1 Å². The lowest BCUT2D eigenvalue weighted by molar-refractivity contribution is -0.129. The average Bonchev–Trinajstić information content (AvgIpc) is 3.20. The Morgan fingerprint density at radius 2 is 2.00 bits per heavy atom. The molecule has 3 rings (SSSR count). The highest BCUT2D eigenvalue weighted by atomic mass is 32.2. The number of amides is 3. The molecule has 1 aliphatic heterocycles. The Balaban J connectivity index is 1.36. The van der Waals surface area contributed by atoms with E-state index in [0.717, 1.165) is 32.4 Å². The molecule has 1 saturated heterocycles. The van der Waals surface area contributed by atoms with Crippen molar-refractivity contribution in [3.05, 3.63) is 35.9 Å². The second-order valence-electron chi connectivity index (χ2n) is 7.05. The lowest BCUT2D eigenvalue weighted by Gasteiger charge is -2.32. The summed E-state index contributed by atoms with van der Waals surface area (Å²) in [5.74, 6) is 1.09. The normalized spacial score (nSPS) is 14.5. The van der Waals surface area contributed by atoms with Crippen LogP contribution in [0.2, 0.25) is 0 Å². The summed E-state index contributed by atoms with van der Waals surface area (Å²) in [7, 11) is 1.57. The number of methoxy groups -OCH3 is 1. The molecule has 162 valence electrons. The van der Waals surface area contributed by atoms with Gasteiger partial charge in [-0.05, 0) is 30.7 Å². The largest absolute Gasteiger partial charge is 0.383 e. The highest BCUT2D eigenvalue weighted by molar-refractivity contribution is 8.01. The highest BCUT2D eigenvalue weighted by Crippen LogP contribution is 2.27. The number of rotatable bonds is 9. The summed E-state index contributed by atoms with van der Waals surface area (Å²) in [4.78, 5) is 26.2. The van der Waals surface area contributed by atoms with Crippen molar-refractivity contribution in [3.8, 4) is 0 Å². The van der Waals surface area contributed by atoms with Crippen LogP contribution >= 0.6 is 23.1 Å². The maximum absolute atomic E-state index is 12.5. The van der Waals surface area contributed by atoms with Crippen LogP contribution in [0, 0.1) is 5.92 Å². The van der Waals surface area contributed by atoms with Crippen LogP contribution < -0.4 is 10.6 Å². The topological polar surface area (TPSA) is 96.5 Å². The number of benzene rings is 1. The number of nitrogens with zero attached hydrogens (tertiary/aromatic N) is 3. The highest BCUT2D eigenvalue weighted by Gasteiger charge is 2.23. The van der Waals surface area contributed by atoms with Gasteiger partial charge in [0.2, 0.25) is 11.0 Å². The van der Waals surface area contributed by atoms with Crippen LogP contribution in [0.3, 0.4) is 0 Å². The maximum Gasteiger partial charge on any atom is 0.321 e. The number of anilines is 1. The number of carbonyl (C=O) groups excluding carboxylic acids is 2. The van der Waals surface area contributed by atoms with Crippen LogP contribution in [-0.2, 0) is 16.0 Å². The molecule has 8 nitrogen and oxygen atoms in total. The van der Waals surface area contributed by atoms with Crippen molar-refractivity contribution in [2.24, 2.45) is 5.92 Å². The van der Waals surface area contributed by atoms with E-state index >= 15 is 0 Å². The van der Waals surface area contributed by atoms with Gasteiger partial charge in [0.25, 0.3) is 0 Å². The first kappa shape index (κ1) is 22.5. The van der Waals surface area contributed by atoms with Crippen LogP contribution in [0.1, 0.15) is 18.4 Å². The zero-order chi connectivity index (χ0) is 21.2. The summed E-state index contributed by atoms with van der Waals surface area (Å²) in [6.45, 7) is 2.47. The standard InChI is InChI=1S/C20H27N5O3S2/c1-28-12-9-21-18(27)22-19-23-24-20(30-19)29-14-17(26)25-10-7-16(8-11-25)13-15-5-3-2-4-6-15/h2-6,16H,7-14H2,1H3,(H2,21,22,23,27). The molecule has 0 radical (unpaired) electrons. The Morgan fingerprint density at radius 1 is 1.23 bits per heavy atom. The van der Waals surface area contributed by atoms with Gasteiger partial charge in [-0.25, -0.2) is 4.79 Å². The number of piperidine rings is 1. The molecule has 0 bridgehead atoms. The third kappa shape index (κ3) is 7.26. The minimum atomic E-state index is -0.353. The average molecular weight is 450 g/mol. The Labute approximate surface area is 184 Å². The van der Waals surface area contributed by atoms with Crippen molar-refractivity contribution in [1.29, 1.82) is 0 Å². The molecule has 0 spiro atoms. The molecule has 0 aliphatic carbocycles. The zero-order valence-corrected chi connectivity index (χ0v) is 18.6. The van der Waals surface area contributed by atoms with E-state index in [0.29, 0.717) is 34.3 Å². The number of likely N-dealkylation sites (tertiary alicyclic amines) is 1. The quantitative estimate of drug-likeness (QED) is 0.347. The monoisotopic (exact) mass is 449 g/mol. The number of hydrogen-bond acceptors (Lipinski definition) is 7. The molecule has 30 heavy (non-hydrogen) atoms. The molecule has 2 N–H and O–H groups in total. The number of thioether (sulfide) groups is 1.